The van der Waals surface area contributed by atoms with Crippen molar-refractivity contribution < 1.29 is 14.0 Å². The van der Waals surface area contributed by atoms with Crippen LogP contribution in [0.5, 0.6) is 0 Å². The summed E-state index contributed by atoms with van der Waals surface area (Å²) in [5, 5.41) is 6.63. The van der Waals surface area contributed by atoms with Crippen LogP contribution in [0.4, 0.5) is 10.2 Å². The zero-order valence-corrected chi connectivity index (χ0v) is 16.2. The molecule has 4 rings (SSSR count). The molecule has 0 saturated heterocycles. The Morgan fingerprint density at radius 1 is 1.21 bits per heavy atom. The summed E-state index contributed by atoms with van der Waals surface area (Å²) >= 11 is 0. The van der Waals surface area contributed by atoms with E-state index in [-0.39, 0.29) is 23.8 Å². The molecule has 2 amide bonds. The number of aromatic nitrogens is 2. The molecule has 0 radical (unpaired) electrons. The Hall–Kier alpha value is -3.22. The molecule has 150 valence electrons. The lowest BCUT2D eigenvalue weighted by Crippen LogP contribution is -2.40. The Morgan fingerprint density at radius 3 is 2.90 bits per heavy atom. The van der Waals surface area contributed by atoms with Gasteiger partial charge in [-0.25, -0.2) is 9.37 Å². The van der Waals surface area contributed by atoms with E-state index in [1.807, 2.05) is 30.5 Å². The fourth-order valence-electron chi connectivity index (χ4n) is 4.11. The van der Waals surface area contributed by atoms with E-state index in [2.05, 4.69) is 20.6 Å². The van der Waals surface area contributed by atoms with Gasteiger partial charge in [-0.05, 0) is 43.0 Å². The summed E-state index contributed by atoms with van der Waals surface area (Å²) in [6, 6.07) is 9.11. The van der Waals surface area contributed by atoms with Crippen LogP contribution >= 0.6 is 0 Å². The number of H-pyrrole nitrogens is 1. The number of hydrogen-bond donors (Lipinski definition) is 3. The van der Waals surface area contributed by atoms with E-state index in [1.54, 1.807) is 6.07 Å². The van der Waals surface area contributed by atoms with Crippen molar-refractivity contribution in [2.24, 2.45) is 5.92 Å². The molecular weight excluding hydrogens is 371 g/mol. The SMILES string of the molecule is CC(=O)NC1CCC[C@H](C(=O)Nc2cc(-c3cccc4[nH]ccc34)c(F)cn2)C1. The molecule has 1 saturated carbocycles. The molecule has 2 aromatic heterocycles. The largest absolute Gasteiger partial charge is 0.361 e. The lowest BCUT2D eigenvalue weighted by molar-refractivity contribution is -0.123. The number of nitrogens with zero attached hydrogens (tertiary/aromatic N) is 1. The highest BCUT2D eigenvalue weighted by Gasteiger charge is 2.28. The summed E-state index contributed by atoms with van der Waals surface area (Å²) < 4.78 is 14.5. The van der Waals surface area contributed by atoms with Crippen molar-refractivity contribution in [2.45, 2.75) is 38.6 Å². The smallest absolute Gasteiger partial charge is 0.228 e. The van der Waals surface area contributed by atoms with Crippen LogP contribution in [0.25, 0.3) is 22.0 Å². The second-order valence-corrected chi connectivity index (χ2v) is 7.54. The fourth-order valence-corrected chi connectivity index (χ4v) is 4.11. The Bertz CT molecular complexity index is 1060. The number of carbonyl (C=O) groups excluding carboxylic acids is 2. The molecule has 2 atom stereocenters. The Labute approximate surface area is 167 Å². The quantitative estimate of drug-likeness (QED) is 0.625. The van der Waals surface area contributed by atoms with Crippen molar-refractivity contribution in [3.63, 3.8) is 0 Å². The average Bonchev–Trinajstić information content (AvgIpc) is 3.18. The highest BCUT2D eigenvalue weighted by atomic mass is 19.1. The molecule has 1 fully saturated rings. The van der Waals surface area contributed by atoms with Crippen LogP contribution in [0.1, 0.15) is 32.6 Å². The lowest BCUT2D eigenvalue weighted by atomic mass is 9.85. The number of anilines is 1. The van der Waals surface area contributed by atoms with Gasteiger partial charge in [-0.2, -0.15) is 0 Å². The molecule has 0 spiro atoms. The van der Waals surface area contributed by atoms with Crippen LogP contribution in [0, 0.1) is 11.7 Å². The van der Waals surface area contributed by atoms with E-state index >= 15 is 0 Å². The van der Waals surface area contributed by atoms with E-state index < -0.39 is 5.82 Å². The van der Waals surface area contributed by atoms with Crippen molar-refractivity contribution in [3.05, 3.63) is 48.5 Å². The Morgan fingerprint density at radius 2 is 2.07 bits per heavy atom. The standard InChI is InChI=1S/C22H23FN4O2/c1-13(28)26-15-5-2-4-14(10-15)22(29)27-21-11-18(19(23)12-25-21)16-6-3-7-20-17(16)8-9-24-20/h3,6-9,11-12,14-15,24H,2,4-5,10H2,1H3,(H,26,28)(H,25,27,29)/t14-,15?/m0/s1. The van der Waals surface area contributed by atoms with Gasteiger partial charge in [0.05, 0.1) is 6.20 Å². The van der Waals surface area contributed by atoms with Gasteiger partial charge in [-0.1, -0.05) is 18.6 Å². The summed E-state index contributed by atoms with van der Waals surface area (Å²) in [6.45, 7) is 1.48. The van der Waals surface area contributed by atoms with Crippen molar-refractivity contribution >= 4 is 28.5 Å². The second kappa shape index (κ2) is 8.03. The first-order valence-electron chi connectivity index (χ1n) is 9.81. The van der Waals surface area contributed by atoms with E-state index in [0.717, 1.165) is 41.9 Å². The van der Waals surface area contributed by atoms with Gasteiger partial charge in [-0.3, -0.25) is 9.59 Å². The minimum absolute atomic E-state index is 0.0138. The normalized spacial score (nSPS) is 19.1. The summed E-state index contributed by atoms with van der Waals surface area (Å²) in [5.41, 5.74) is 2.04. The molecule has 3 N–H and O–H groups in total. The van der Waals surface area contributed by atoms with Crippen LogP contribution < -0.4 is 10.6 Å². The number of benzene rings is 1. The van der Waals surface area contributed by atoms with E-state index in [9.17, 15) is 14.0 Å². The van der Waals surface area contributed by atoms with E-state index in [4.69, 9.17) is 0 Å². The number of amides is 2. The first kappa shape index (κ1) is 19.1. The molecule has 29 heavy (non-hydrogen) atoms. The topological polar surface area (TPSA) is 86.9 Å². The van der Waals surface area contributed by atoms with Crippen LogP contribution in [-0.4, -0.2) is 27.8 Å². The van der Waals surface area contributed by atoms with Gasteiger partial charge in [0.2, 0.25) is 11.8 Å². The van der Waals surface area contributed by atoms with Gasteiger partial charge in [0.1, 0.15) is 11.6 Å². The minimum Gasteiger partial charge on any atom is -0.361 e. The van der Waals surface area contributed by atoms with Crippen LogP contribution in [0.15, 0.2) is 42.7 Å². The molecule has 0 aliphatic heterocycles. The van der Waals surface area contributed by atoms with Crippen LogP contribution in [0.3, 0.4) is 0 Å². The maximum Gasteiger partial charge on any atom is 0.228 e. The first-order chi connectivity index (χ1) is 14.0. The molecule has 0 bridgehead atoms. The van der Waals surface area contributed by atoms with E-state index in [1.165, 1.54) is 6.92 Å². The third-order valence-corrected chi connectivity index (χ3v) is 5.44. The zero-order valence-electron chi connectivity index (χ0n) is 16.2. The molecule has 1 aliphatic carbocycles. The summed E-state index contributed by atoms with van der Waals surface area (Å²) in [7, 11) is 0. The number of halogens is 1. The van der Waals surface area contributed by atoms with E-state index in [0.29, 0.717) is 17.8 Å². The Kier molecular flexibility index (Phi) is 5.29. The predicted molar refractivity (Wildman–Crippen MR) is 110 cm³/mol. The maximum absolute atomic E-state index is 14.5. The maximum atomic E-state index is 14.5. The molecule has 3 aromatic rings. The number of pyridine rings is 1. The van der Waals surface area contributed by atoms with Crippen molar-refractivity contribution in [1.82, 2.24) is 15.3 Å². The summed E-state index contributed by atoms with van der Waals surface area (Å²) in [6.07, 6.45) is 6.06. The number of fused-ring (bicyclic) bond motifs is 1. The third-order valence-electron chi connectivity index (χ3n) is 5.44. The van der Waals surface area contributed by atoms with Gasteiger partial charge in [0, 0.05) is 41.5 Å². The van der Waals surface area contributed by atoms with Crippen molar-refractivity contribution in [1.29, 1.82) is 0 Å². The number of aromatic amines is 1. The van der Waals surface area contributed by atoms with Gasteiger partial charge in [0.25, 0.3) is 0 Å². The minimum atomic E-state index is -0.444. The molecule has 1 aromatic carbocycles. The lowest BCUT2D eigenvalue weighted by Gasteiger charge is -2.28. The fraction of sp³-hybridized carbons (Fsp3) is 0.318. The molecular formula is C22H23FN4O2. The van der Waals surface area contributed by atoms with Gasteiger partial charge in [0.15, 0.2) is 0 Å². The second-order valence-electron chi connectivity index (χ2n) is 7.54. The molecule has 1 aliphatic rings. The van der Waals surface area contributed by atoms with Crippen molar-refractivity contribution in [2.75, 3.05) is 5.32 Å². The molecule has 7 heteroatoms. The third kappa shape index (κ3) is 4.13. The zero-order chi connectivity index (χ0) is 20.4. The number of carbonyl (C=O) groups is 2. The van der Waals surface area contributed by atoms with Crippen LogP contribution in [0.2, 0.25) is 0 Å². The summed E-state index contributed by atoms with van der Waals surface area (Å²) in [5.74, 6) is -0.561. The van der Waals surface area contributed by atoms with Gasteiger partial charge in [-0.15, -0.1) is 0 Å². The van der Waals surface area contributed by atoms with Gasteiger partial charge < -0.3 is 15.6 Å². The highest BCUT2D eigenvalue weighted by molar-refractivity contribution is 5.97. The number of nitrogens with one attached hydrogen (secondary N) is 3. The molecule has 6 nitrogen and oxygen atoms in total. The van der Waals surface area contributed by atoms with Crippen molar-refractivity contribution in [3.8, 4) is 11.1 Å². The number of rotatable bonds is 4. The monoisotopic (exact) mass is 394 g/mol. The molecule has 2 heterocycles. The highest BCUT2D eigenvalue weighted by Crippen LogP contribution is 2.32. The van der Waals surface area contributed by atoms with Crippen LogP contribution in [-0.2, 0) is 9.59 Å². The summed E-state index contributed by atoms with van der Waals surface area (Å²) in [4.78, 5) is 31.2. The average molecular weight is 394 g/mol. The predicted octanol–water partition coefficient (Wildman–Crippen LogP) is 4.00. The number of hydrogen-bond acceptors (Lipinski definition) is 3. The van der Waals surface area contributed by atoms with Gasteiger partial charge >= 0.3 is 0 Å². The Balaban J connectivity index is 1.54. The first-order valence-corrected chi connectivity index (χ1v) is 9.81. The molecule has 1 unspecified atom stereocenters.